The Hall–Kier alpha value is -2.92. The molecule has 2 heterocycles. The van der Waals surface area contributed by atoms with Gasteiger partial charge in [-0.2, -0.15) is 0 Å². The fourth-order valence-corrected chi connectivity index (χ4v) is 6.02. The summed E-state index contributed by atoms with van der Waals surface area (Å²) in [6.07, 6.45) is 4.03. The highest BCUT2D eigenvalue weighted by molar-refractivity contribution is 7.89. The predicted molar refractivity (Wildman–Crippen MR) is 158 cm³/mol. The molecule has 0 spiro atoms. The van der Waals surface area contributed by atoms with Crippen molar-refractivity contribution in [2.75, 3.05) is 25.5 Å². The van der Waals surface area contributed by atoms with Gasteiger partial charge in [0.1, 0.15) is 33.3 Å². The van der Waals surface area contributed by atoms with Gasteiger partial charge >= 0.3 is 0 Å². The highest BCUT2D eigenvalue weighted by Crippen LogP contribution is 2.31. The molecule has 1 saturated heterocycles. The van der Waals surface area contributed by atoms with Crippen LogP contribution in [0.5, 0.6) is 11.5 Å². The Morgan fingerprint density at radius 2 is 1.82 bits per heavy atom. The summed E-state index contributed by atoms with van der Waals surface area (Å²) >= 11 is 6.43. The molecule has 0 radical (unpaired) electrons. The zero-order valence-corrected chi connectivity index (χ0v) is 25.2. The fourth-order valence-electron chi connectivity index (χ4n) is 4.47. The normalized spacial score (nSPS) is 15.0. The molecule has 9 nitrogen and oxygen atoms in total. The second-order valence-corrected chi connectivity index (χ2v) is 12.7. The van der Waals surface area contributed by atoms with Crippen molar-refractivity contribution in [3.8, 4) is 11.5 Å². The van der Waals surface area contributed by atoms with Gasteiger partial charge in [-0.05, 0) is 65.8 Å². The van der Waals surface area contributed by atoms with E-state index in [0.29, 0.717) is 29.5 Å². The first-order chi connectivity index (χ1) is 19.0. The Morgan fingerprint density at radius 3 is 2.52 bits per heavy atom. The Morgan fingerprint density at radius 1 is 1.10 bits per heavy atom. The molecule has 2 aromatic carbocycles. The molecular formula is C29H38ClN5O4S. The van der Waals surface area contributed by atoms with Gasteiger partial charge in [0.05, 0.1) is 18.0 Å². The number of para-hydroxylation sites is 1. The van der Waals surface area contributed by atoms with Crippen LogP contribution in [-0.2, 0) is 16.4 Å². The maximum atomic E-state index is 12.9. The van der Waals surface area contributed by atoms with Gasteiger partial charge in [-0.25, -0.2) is 23.1 Å². The number of nitrogens with one attached hydrogen (secondary N) is 2. The average Bonchev–Trinajstić information content (AvgIpc) is 2.88. The molecule has 11 heteroatoms. The van der Waals surface area contributed by atoms with E-state index in [1.54, 1.807) is 32.0 Å². The van der Waals surface area contributed by atoms with Gasteiger partial charge < -0.3 is 19.7 Å². The summed E-state index contributed by atoms with van der Waals surface area (Å²) in [5.41, 5.74) is 1.27. The van der Waals surface area contributed by atoms with E-state index in [1.165, 1.54) is 12.3 Å². The fraction of sp³-hybridized carbons (Fsp3) is 0.448. The summed E-state index contributed by atoms with van der Waals surface area (Å²) in [5.74, 6) is 2.31. The van der Waals surface area contributed by atoms with E-state index in [4.69, 9.17) is 21.1 Å². The first kappa shape index (κ1) is 30.0. The van der Waals surface area contributed by atoms with Crippen LogP contribution >= 0.6 is 11.6 Å². The van der Waals surface area contributed by atoms with Crippen LogP contribution in [0.4, 0.5) is 11.5 Å². The quantitative estimate of drug-likeness (QED) is 0.307. The van der Waals surface area contributed by atoms with E-state index in [0.717, 1.165) is 37.2 Å². The van der Waals surface area contributed by atoms with Gasteiger partial charge in [0.15, 0.2) is 5.82 Å². The lowest BCUT2D eigenvalue weighted by molar-refractivity contribution is 0.114. The Labute approximate surface area is 242 Å². The topological polar surface area (TPSA) is 106 Å². The third-order valence-corrected chi connectivity index (χ3v) is 8.33. The van der Waals surface area contributed by atoms with Crippen molar-refractivity contribution in [3.63, 3.8) is 0 Å². The molecule has 4 rings (SSSR count). The summed E-state index contributed by atoms with van der Waals surface area (Å²) < 4.78 is 40.8. The maximum absolute atomic E-state index is 12.9. The molecular weight excluding hydrogens is 550 g/mol. The number of aromatic nitrogens is 2. The average molecular weight is 588 g/mol. The smallest absolute Gasteiger partial charge is 0.242 e. The first-order valence-electron chi connectivity index (χ1n) is 13.5. The van der Waals surface area contributed by atoms with Crippen molar-refractivity contribution >= 4 is 33.1 Å². The molecule has 1 aliphatic rings. The van der Waals surface area contributed by atoms with E-state index in [9.17, 15) is 8.42 Å². The van der Waals surface area contributed by atoms with Crippen LogP contribution in [0.3, 0.4) is 0 Å². The predicted octanol–water partition coefficient (Wildman–Crippen LogP) is 5.41. The number of benzene rings is 2. The standard InChI is InChI=1S/C29H38ClN5O4S/c1-19(2)34-40(36,37)27-9-7-6-8-25(27)32-29-24(30)18-31-28(33-29)16-21-10-11-23(17-26(21)38-20(3)4)39-22-12-14-35(5)15-13-22/h6-11,17-20,22,34H,12-16H2,1-5H3,(H,31,32,33). The molecule has 1 fully saturated rings. The molecule has 0 aliphatic carbocycles. The third kappa shape index (κ3) is 8.06. The van der Waals surface area contributed by atoms with Crippen molar-refractivity contribution in [2.45, 2.75) is 70.1 Å². The van der Waals surface area contributed by atoms with Crippen LogP contribution < -0.4 is 19.5 Å². The number of sulfonamides is 1. The second-order valence-electron chi connectivity index (χ2n) is 10.6. The van der Waals surface area contributed by atoms with Crippen molar-refractivity contribution in [1.82, 2.24) is 19.6 Å². The highest BCUT2D eigenvalue weighted by Gasteiger charge is 2.21. The molecule has 0 amide bonds. The third-order valence-electron chi connectivity index (χ3n) is 6.33. The van der Waals surface area contributed by atoms with Crippen molar-refractivity contribution < 1.29 is 17.9 Å². The second kappa shape index (κ2) is 13.2. The van der Waals surface area contributed by atoms with Crippen LogP contribution in [0.15, 0.2) is 53.6 Å². The number of nitrogens with zero attached hydrogens (tertiary/aromatic N) is 3. The lowest BCUT2D eigenvalue weighted by Crippen LogP contribution is -2.35. The monoisotopic (exact) mass is 587 g/mol. The van der Waals surface area contributed by atoms with Gasteiger partial charge in [-0.1, -0.05) is 29.8 Å². The maximum Gasteiger partial charge on any atom is 0.242 e. The summed E-state index contributed by atoms with van der Waals surface area (Å²) in [7, 11) is -1.62. The number of rotatable bonds is 11. The molecule has 40 heavy (non-hydrogen) atoms. The Kier molecular flexibility index (Phi) is 9.89. The number of piperidine rings is 1. The van der Waals surface area contributed by atoms with Gasteiger partial charge in [0.25, 0.3) is 0 Å². The molecule has 0 unspecified atom stereocenters. The van der Waals surface area contributed by atoms with Crippen molar-refractivity contribution in [1.29, 1.82) is 0 Å². The van der Waals surface area contributed by atoms with E-state index < -0.39 is 10.0 Å². The lowest BCUT2D eigenvalue weighted by atomic mass is 10.1. The molecule has 216 valence electrons. The highest BCUT2D eigenvalue weighted by atomic mass is 35.5. The summed E-state index contributed by atoms with van der Waals surface area (Å²) in [6, 6.07) is 12.2. The van der Waals surface area contributed by atoms with Gasteiger partial charge in [0.2, 0.25) is 10.0 Å². The lowest BCUT2D eigenvalue weighted by Gasteiger charge is -2.29. The van der Waals surface area contributed by atoms with Crippen LogP contribution in [0, 0.1) is 0 Å². The van der Waals surface area contributed by atoms with Crippen LogP contribution in [0.25, 0.3) is 0 Å². The zero-order chi connectivity index (χ0) is 28.9. The van der Waals surface area contributed by atoms with Crippen molar-refractivity contribution in [3.05, 3.63) is 65.1 Å². The van der Waals surface area contributed by atoms with Crippen LogP contribution in [0.2, 0.25) is 5.02 Å². The van der Waals surface area contributed by atoms with E-state index >= 15 is 0 Å². The number of anilines is 2. The van der Waals surface area contributed by atoms with Gasteiger partial charge in [-0.3, -0.25) is 0 Å². The summed E-state index contributed by atoms with van der Waals surface area (Å²) in [6.45, 7) is 9.54. The summed E-state index contributed by atoms with van der Waals surface area (Å²) in [4.78, 5) is 11.5. The largest absolute Gasteiger partial charge is 0.491 e. The Balaban J connectivity index is 1.57. The minimum absolute atomic E-state index is 0.0291. The molecule has 1 aromatic heterocycles. The number of hydrogen-bond acceptors (Lipinski definition) is 8. The van der Waals surface area contributed by atoms with Gasteiger partial charge in [-0.15, -0.1) is 0 Å². The minimum atomic E-state index is -3.75. The number of ether oxygens (including phenoxy) is 2. The molecule has 0 bridgehead atoms. The number of likely N-dealkylation sites (tertiary alicyclic amines) is 1. The SMILES string of the molecule is CC(C)NS(=O)(=O)c1ccccc1Nc1nc(Cc2ccc(OC3CCN(C)CC3)cc2OC(C)C)ncc1Cl. The number of hydrogen-bond donors (Lipinski definition) is 2. The Bertz CT molecular complexity index is 1410. The van der Waals surface area contributed by atoms with Gasteiger partial charge in [0, 0.05) is 37.2 Å². The first-order valence-corrected chi connectivity index (χ1v) is 15.4. The molecule has 2 N–H and O–H groups in total. The molecule has 0 atom stereocenters. The minimum Gasteiger partial charge on any atom is -0.491 e. The van der Waals surface area contributed by atoms with Crippen LogP contribution in [0.1, 0.15) is 51.9 Å². The van der Waals surface area contributed by atoms with E-state index in [1.807, 2.05) is 32.0 Å². The number of halogens is 1. The zero-order valence-electron chi connectivity index (χ0n) is 23.6. The van der Waals surface area contributed by atoms with Crippen LogP contribution in [-0.4, -0.2) is 61.7 Å². The van der Waals surface area contributed by atoms with Crippen molar-refractivity contribution in [2.24, 2.45) is 0 Å². The van der Waals surface area contributed by atoms with E-state index in [2.05, 4.69) is 32.0 Å². The molecule has 1 aliphatic heterocycles. The molecule has 3 aromatic rings. The van der Waals surface area contributed by atoms with E-state index in [-0.39, 0.29) is 28.2 Å². The molecule has 0 saturated carbocycles. The summed E-state index contributed by atoms with van der Waals surface area (Å²) in [5, 5.41) is 3.37.